The van der Waals surface area contributed by atoms with E-state index < -0.39 is 17.4 Å². The summed E-state index contributed by atoms with van der Waals surface area (Å²) in [6.45, 7) is 4.61. The molecule has 3 amide bonds. The van der Waals surface area contributed by atoms with Crippen molar-refractivity contribution in [1.82, 2.24) is 15.5 Å². The van der Waals surface area contributed by atoms with Crippen molar-refractivity contribution < 1.29 is 19.5 Å². The highest BCUT2D eigenvalue weighted by Gasteiger charge is 2.44. The van der Waals surface area contributed by atoms with Crippen LogP contribution in [0.3, 0.4) is 0 Å². The van der Waals surface area contributed by atoms with Crippen LogP contribution in [-0.4, -0.2) is 53.1 Å². The number of urea groups is 1. The van der Waals surface area contributed by atoms with Crippen LogP contribution in [0.4, 0.5) is 4.79 Å². The highest BCUT2D eigenvalue weighted by molar-refractivity contribution is 5.84. The van der Waals surface area contributed by atoms with Crippen molar-refractivity contribution in [2.24, 2.45) is 5.41 Å². The highest BCUT2D eigenvalue weighted by Crippen LogP contribution is 2.35. The Bertz CT molecular complexity index is 440. The van der Waals surface area contributed by atoms with E-state index in [4.69, 9.17) is 0 Å². The quantitative estimate of drug-likeness (QED) is 0.693. The number of rotatable bonds is 2. The molecule has 0 saturated carbocycles. The van der Waals surface area contributed by atoms with Gasteiger partial charge in [0.1, 0.15) is 6.04 Å². The lowest BCUT2D eigenvalue weighted by atomic mass is 9.76. The molecule has 2 unspecified atom stereocenters. The Labute approximate surface area is 124 Å². The normalized spacial score (nSPS) is 28.7. The first-order valence-corrected chi connectivity index (χ1v) is 7.38. The first-order valence-electron chi connectivity index (χ1n) is 7.38. The molecule has 118 valence electrons. The van der Waals surface area contributed by atoms with E-state index in [0.29, 0.717) is 25.9 Å². The van der Waals surface area contributed by atoms with E-state index in [1.54, 1.807) is 0 Å². The fourth-order valence-electron chi connectivity index (χ4n) is 3.19. The summed E-state index contributed by atoms with van der Waals surface area (Å²) in [5.41, 5.74) is -0.442. The van der Waals surface area contributed by atoms with Gasteiger partial charge in [-0.3, -0.25) is 4.79 Å². The van der Waals surface area contributed by atoms with Crippen LogP contribution in [0.1, 0.15) is 39.5 Å². The summed E-state index contributed by atoms with van der Waals surface area (Å²) in [4.78, 5) is 36.5. The number of nitrogens with zero attached hydrogens (tertiary/aromatic N) is 1. The Morgan fingerprint density at radius 1 is 1.43 bits per heavy atom. The zero-order valence-corrected chi connectivity index (χ0v) is 12.5. The molecule has 0 aromatic carbocycles. The van der Waals surface area contributed by atoms with Crippen molar-refractivity contribution in [3.05, 3.63) is 0 Å². The number of nitrogens with one attached hydrogen (secondary N) is 2. The fraction of sp³-hybridized carbons (Fsp3) is 0.786. The van der Waals surface area contributed by atoms with Crippen LogP contribution in [0, 0.1) is 5.41 Å². The topological polar surface area (TPSA) is 98.7 Å². The van der Waals surface area contributed by atoms with Crippen LogP contribution >= 0.6 is 0 Å². The van der Waals surface area contributed by atoms with Gasteiger partial charge in [-0.15, -0.1) is 0 Å². The number of likely N-dealkylation sites (tertiary alicyclic amines) is 1. The van der Waals surface area contributed by atoms with Gasteiger partial charge < -0.3 is 20.6 Å². The molecule has 0 radical (unpaired) electrons. The molecule has 7 heteroatoms. The van der Waals surface area contributed by atoms with E-state index in [9.17, 15) is 19.5 Å². The molecule has 2 aliphatic rings. The van der Waals surface area contributed by atoms with Crippen molar-refractivity contribution in [3.63, 3.8) is 0 Å². The smallest absolute Gasteiger partial charge is 0.327 e. The number of carboxylic acids is 1. The third kappa shape index (κ3) is 3.46. The van der Waals surface area contributed by atoms with Gasteiger partial charge in [-0.25, -0.2) is 9.59 Å². The van der Waals surface area contributed by atoms with Gasteiger partial charge >= 0.3 is 12.0 Å². The first kappa shape index (κ1) is 15.6. The van der Waals surface area contributed by atoms with E-state index >= 15 is 0 Å². The monoisotopic (exact) mass is 297 g/mol. The molecule has 2 rings (SSSR count). The summed E-state index contributed by atoms with van der Waals surface area (Å²) >= 11 is 0. The van der Waals surface area contributed by atoms with Crippen molar-refractivity contribution >= 4 is 17.9 Å². The minimum absolute atomic E-state index is 0.0111. The van der Waals surface area contributed by atoms with E-state index in [2.05, 4.69) is 10.6 Å². The Morgan fingerprint density at radius 2 is 2.14 bits per heavy atom. The second-order valence-corrected chi connectivity index (χ2v) is 6.52. The first-order chi connectivity index (χ1) is 9.81. The molecule has 21 heavy (non-hydrogen) atoms. The lowest BCUT2D eigenvalue weighted by Crippen LogP contribution is -2.61. The van der Waals surface area contributed by atoms with Gasteiger partial charge in [-0.2, -0.15) is 0 Å². The van der Waals surface area contributed by atoms with Gasteiger partial charge in [0, 0.05) is 25.6 Å². The zero-order valence-electron chi connectivity index (χ0n) is 12.5. The molecule has 0 aromatic rings. The average Bonchev–Trinajstić information content (AvgIpc) is 2.39. The minimum Gasteiger partial charge on any atom is -0.480 e. The number of hydrogen-bond donors (Lipinski definition) is 3. The van der Waals surface area contributed by atoms with Gasteiger partial charge in [0.25, 0.3) is 0 Å². The lowest BCUT2D eigenvalue weighted by molar-refractivity contribution is -0.148. The van der Waals surface area contributed by atoms with Crippen LogP contribution in [-0.2, 0) is 9.59 Å². The average molecular weight is 297 g/mol. The second kappa shape index (κ2) is 5.91. The largest absolute Gasteiger partial charge is 0.480 e. The molecular weight excluding hydrogens is 274 g/mol. The maximum atomic E-state index is 12.4. The number of aliphatic carboxylic acids is 1. The third-order valence-corrected chi connectivity index (χ3v) is 4.36. The van der Waals surface area contributed by atoms with Gasteiger partial charge in [0.15, 0.2) is 0 Å². The zero-order chi connectivity index (χ0) is 15.6. The van der Waals surface area contributed by atoms with Crippen molar-refractivity contribution in [3.8, 4) is 0 Å². The van der Waals surface area contributed by atoms with Gasteiger partial charge in [-0.05, 0) is 24.7 Å². The van der Waals surface area contributed by atoms with Crippen LogP contribution in [0.15, 0.2) is 0 Å². The van der Waals surface area contributed by atoms with Crippen LogP contribution in [0.25, 0.3) is 0 Å². The molecular formula is C14H23N3O4. The summed E-state index contributed by atoms with van der Waals surface area (Å²) < 4.78 is 0. The SMILES string of the molecule is CC1(C)CCCN(C(=O)NC2CCC(=O)NC2)C1C(=O)O. The molecule has 7 nitrogen and oxygen atoms in total. The lowest BCUT2D eigenvalue weighted by Gasteiger charge is -2.44. The number of piperidine rings is 2. The Kier molecular flexibility index (Phi) is 4.39. The maximum absolute atomic E-state index is 12.4. The highest BCUT2D eigenvalue weighted by atomic mass is 16.4. The van der Waals surface area contributed by atoms with Gasteiger partial charge in [0.2, 0.25) is 5.91 Å². The van der Waals surface area contributed by atoms with E-state index in [-0.39, 0.29) is 18.0 Å². The molecule has 2 atom stereocenters. The standard InChI is InChI=1S/C14H23N3O4/c1-14(2)6-3-7-17(11(14)12(19)20)13(21)16-9-4-5-10(18)15-8-9/h9,11H,3-8H2,1-2H3,(H,15,18)(H,16,21)(H,19,20). The van der Waals surface area contributed by atoms with E-state index in [1.807, 2.05) is 13.8 Å². The van der Waals surface area contributed by atoms with Gasteiger partial charge in [-0.1, -0.05) is 13.8 Å². The molecule has 0 bridgehead atoms. The summed E-state index contributed by atoms with van der Waals surface area (Å²) in [6, 6.07) is -1.30. The predicted molar refractivity (Wildman–Crippen MR) is 75.7 cm³/mol. The molecule has 0 spiro atoms. The van der Waals surface area contributed by atoms with Crippen molar-refractivity contribution in [2.75, 3.05) is 13.1 Å². The Morgan fingerprint density at radius 3 is 2.71 bits per heavy atom. The van der Waals surface area contributed by atoms with E-state index in [1.165, 1.54) is 4.90 Å². The summed E-state index contributed by atoms with van der Waals surface area (Å²) in [5, 5.41) is 15.0. The second-order valence-electron chi connectivity index (χ2n) is 6.52. The molecule has 2 saturated heterocycles. The number of amides is 3. The van der Waals surface area contributed by atoms with Crippen LogP contribution in [0.5, 0.6) is 0 Å². The minimum atomic E-state index is -0.966. The van der Waals surface area contributed by atoms with Gasteiger partial charge in [0.05, 0.1) is 0 Å². The van der Waals surface area contributed by atoms with Crippen LogP contribution < -0.4 is 10.6 Å². The van der Waals surface area contributed by atoms with E-state index in [0.717, 1.165) is 12.8 Å². The maximum Gasteiger partial charge on any atom is 0.327 e. The van der Waals surface area contributed by atoms with Crippen molar-refractivity contribution in [1.29, 1.82) is 0 Å². The number of carbonyl (C=O) groups excluding carboxylic acids is 2. The fourth-order valence-corrected chi connectivity index (χ4v) is 3.19. The molecule has 2 fully saturated rings. The Hall–Kier alpha value is -1.79. The predicted octanol–water partition coefficient (Wildman–Crippen LogP) is 0.550. The number of carboxylic acid groups (broad SMARTS) is 1. The molecule has 0 aliphatic carbocycles. The van der Waals surface area contributed by atoms with Crippen molar-refractivity contribution in [2.45, 2.75) is 51.6 Å². The molecule has 2 aliphatic heterocycles. The summed E-state index contributed by atoms with van der Waals surface area (Å²) in [5.74, 6) is -0.977. The Balaban J connectivity index is 2.02. The van der Waals surface area contributed by atoms with Crippen LogP contribution in [0.2, 0.25) is 0 Å². The molecule has 0 aromatic heterocycles. The number of carbonyl (C=O) groups is 3. The summed E-state index contributed by atoms with van der Waals surface area (Å²) in [6.07, 6.45) is 2.56. The molecule has 2 heterocycles. The summed E-state index contributed by atoms with van der Waals surface area (Å²) in [7, 11) is 0. The third-order valence-electron chi connectivity index (χ3n) is 4.36. The number of hydrogen-bond acceptors (Lipinski definition) is 3. The molecule has 3 N–H and O–H groups in total.